The number of hydrogen-bond acceptors (Lipinski definition) is 6. The van der Waals surface area contributed by atoms with Gasteiger partial charge < -0.3 is 24.6 Å². The van der Waals surface area contributed by atoms with Gasteiger partial charge in [-0.25, -0.2) is 14.8 Å². The van der Waals surface area contributed by atoms with Crippen molar-refractivity contribution in [3.63, 3.8) is 0 Å². The zero-order valence-corrected chi connectivity index (χ0v) is 20.9. The Hall–Kier alpha value is -3.81. The lowest BCUT2D eigenvalue weighted by atomic mass is 10.0. The second kappa shape index (κ2) is 11.1. The number of amides is 2. The highest BCUT2D eigenvalue weighted by Crippen LogP contribution is 2.28. The summed E-state index contributed by atoms with van der Waals surface area (Å²) in [6, 6.07) is 15.6. The van der Waals surface area contributed by atoms with Gasteiger partial charge in [0.15, 0.2) is 0 Å². The largest absolute Gasteiger partial charge is 0.497 e. The summed E-state index contributed by atoms with van der Waals surface area (Å²) in [5.74, 6) is 3.01. The first kappa shape index (κ1) is 24.3. The fourth-order valence-electron chi connectivity index (χ4n) is 4.38. The molecule has 0 spiro atoms. The molecule has 0 unspecified atom stereocenters. The maximum absolute atomic E-state index is 13.0. The highest BCUT2D eigenvalue weighted by atomic mass is 16.5. The van der Waals surface area contributed by atoms with Crippen LogP contribution in [-0.4, -0.2) is 61.3 Å². The number of aryl methyl sites for hydroxylation is 2. The smallest absolute Gasteiger partial charge is 0.321 e. The lowest BCUT2D eigenvalue weighted by Crippen LogP contribution is -2.50. The molecule has 35 heavy (non-hydrogen) atoms. The zero-order valence-electron chi connectivity index (χ0n) is 20.9. The second-order valence-corrected chi connectivity index (χ2v) is 8.54. The number of carbonyl (C=O) groups is 1. The fourth-order valence-corrected chi connectivity index (χ4v) is 4.38. The fraction of sp³-hybridized carbons (Fsp3) is 0.370. The number of benzene rings is 2. The van der Waals surface area contributed by atoms with Crippen LogP contribution in [0.5, 0.6) is 11.5 Å². The summed E-state index contributed by atoms with van der Waals surface area (Å²) < 4.78 is 10.6. The van der Waals surface area contributed by atoms with Crippen molar-refractivity contribution in [2.24, 2.45) is 0 Å². The standard InChI is InChI=1S/C27H33N5O3/c1-5-25-24(15-20-9-7-6-8-10-20)26(29-19(2)28-25)31-11-13-32(14-12-31)27(33)30-21-16-22(34-3)18-23(17-21)35-4/h6-10,16-18H,5,11-15H2,1-4H3,(H,30,33). The van der Waals surface area contributed by atoms with Gasteiger partial charge in [0.05, 0.1) is 14.2 Å². The molecule has 2 heterocycles. The van der Waals surface area contributed by atoms with E-state index in [-0.39, 0.29) is 6.03 Å². The van der Waals surface area contributed by atoms with E-state index in [0.717, 1.165) is 30.2 Å². The Morgan fingerprint density at radius 1 is 0.971 bits per heavy atom. The molecule has 1 aromatic heterocycles. The van der Waals surface area contributed by atoms with Gasteiger partial charge in [-0.05, 0) is 18.9 Å². The van der Waals surface area contributed by atoms with Crippen LogP contribution in [-0.2, 0) is 12.8 Å². The number of piperazine rings is 1. The molecule has 0 bridgehead atoms. The zero-order chi connectivity index (χ0) is 24.8. The van der Waals surface area contributed by atoms with Crippen molar-refractivity contribution in [2.45, 2.75) is 26.7 Å². The Bertz CT molecular complexity index is 1140. The highest BCUT2D eigenvalue weighted by Gasteiger charge is 2.25. The number of urea groups is 1. The summed E-state index contributed by atoms with van der Waals surface area (Å²) >= 11 is 0. The molecule has 0 radical (unpaired) electrons. The van der Waals surface area contributed by atoms with Crippen molar-refractivity contribution in [2.75, 3.05) is 50.6 Å². The van der Waals surface area contributed by atoms with E-state index >= 15 is 0 Å². The average Bonchev–Trinajstić information content (AvgIpc) is 2.89. The molecule has 0 saturated carbocycles. The minimum atomic E-state index is -0.141. The van der Waals surface area contributed by atoms with Crippen molar-refractivity contribution < 1.29 is 14.3 Å². The summed E-state index contributed by atoms with van der Waals surface area (Å²) in [5, 5.41) is 2.97. The number of ether oxygens (including phenoxy) is 2. The molecule has 0 aliphatic carbocycles. The Labute approximate surface area is 206 Å². The Morgan fingerprint density at radius 3 is 2.23 bits per heavy atom. The minimum absolute atomic E-state index is 0.141. The SMILES string of the molecule is CCc1nc(C)nc(N2CCN(C(=O)Nc3cc(OC)cc(OC)c3)CC2)c1Cc1ccccc1. The third-order valence-corrected chi connectivity index (χ3v) is 6.21. The summed E-state index contributed by atoms with van der Waals surface area (Å²) in [4.78, 5) is 26.6. The van der Waals surface area contributed by atoms with Crippen LogP contribution in [0, 0.1) is 6.92 Å². The van der Waals surface area contributed by atoms with E-state index in [0.29, 0.717) is 43.4 Å². The van der Waals surface area contributed by atoms with Gasteiger partial charge in [0.2, 0.25) is 0 Å². The quantitative estimate of drug-likeness (QED) is 0.549. The molecular weight excluding hydrogens is 442 g/mol. The topological polar surface area (TPSA) is 79.8 Å². The predicted octanol–water partition coefficient (Wildman–Crippen LogP) is 4.31. The Morgan fingerprint density at radius 2 is 1.63 bits per heavy atom. The number of aromatic nitrogens is 2. The van der Waals surface area contributed by atoms with E-state index in [1.54, 1.807) is 32.4 Å². The maximum Gasteiger partial charge on any atom is 0.321 e. The van der Waals surface area contributed by atoms with Crippen LogP contribution in [0.15, 0.2) is 48.5 Å². The molecule has 1 aliphatic rings. The van der Waals surface area contributed by atoms with Crippen LogP contribution in [0.1, 0.15) is 29.6 Å². The number of carbonyl (C=O) groups excluding carboxylic acids is 1. The van der Waals surface area contributed by atoms with Gasteiger partial charge in [-0.1, -0.05) is 37.3 Å². The number of nitrogens with zero attached hydrogens (tertiary/aromatic N) is 4. The summed E-state index contributed by atoms with van der Waals surface area (Å²) in [7, 11) is 3.18. The van der Waals surface area contributed by atoms with Crippen molar-refractivity contribution in [3.8, 4) is 11.5 Å². The molecule has 2 amide bonds. The molecule has 8 nitrogen and oxygen atoms in total. The second-order valence-electron chi connectivity index (χ2n) is 8.54. The minimum Gasteiger partial charge on any atom is -0.497 e. The van der Waals surface area contributed by atoms with Crippen LogP contribution in [0.3, 0.4) is 0 Å². The lowest BCUT2D eigenvalue weighted by molar-refractivity contribution is 0.208. The van der Waals surface area contributed by atoms with Crippen LogP contribution in [0.2, 0.25) is 0 Å². The van der Waals surface area contributed by atoms with E-state index in [9.17, 15) is 4.79 Å². The van der Waals surface area contributed by atoms with E-state index in [1.165, 1.54) is 11.1 Å². The number of anilines is 2. The summed E-state index contributed by atoms with van der Waals surface area (Å²) in [6.07, 6.45) is 1.64. The normalized spacial score (nSPS) is 13.5. The molecular formula is C27H33N5O3. The molecule has 1 fully saturated rings. The van der Waals surface area contributed by atoms with Gasteiger partial charge >= 0.3 is 6.03 Å². The van der Waals surface area contributed by atoms with Crippen LogP contribution >= 0.6 is 0 Å². The molecule has 1 aliphatic heterocycles. The van der Waals surface area contributed by atoms with Crippen molar-refractivity contribution in [1.82, 2.24) is 14.9 Å². The number of nitrogens with one attached hydrogen (secondary N) is 1. The first-order valence-electron chi connectivity index (χ1n) is 11.9. The highest BCUT2D eigenvalue weighted by molar-refractivity contribution is 5.90. The first-order valence-corrected chi connectivity index (χ1v) is 11.9. The van der Waals surface area contributed by atoms with E-state index in [1.807, 2.05) is 17.9 Å². The van der Waals surface area contributed by atoms with E-state index < -0.39 is 0 Å². The van der Waals surface area contributed by atoms with Gasteiger partial charge in [-0.15, -0.1) is 0 Å². The average molecular weight is 476 g/mol. The van der Waals surface area contributed by atoms with Crippen molar-refractivity contribution in [3.05, 3.63) is 71.2 Å². The number of rotatable bonds is 7. The first-order chi connectivity index (χ1) is 17.0. The number of hydrogen-bond donors (Lipinski definition) is 1. The number of methoxy groups -OCH3 is 2. The van der Waals surface area contributed by atoms with E-state index in [4.69, 9.17) is 19.4 Å². The van der Waals surface area contributed by atoms with Crippen molar-refractivity contribution in [1.29, 1.82) is 0 Å². The van der Waals surface area contributed by atoms with Gasteiger partial charge in [-0.2, -0.15) is 0 Å². The van der Waals surface area contributed by atoms with Gasteiger partial charge in [0.25, 0.3) is 0 Å². The lowest BCUT2D eigenvalue weighted by Gasteiger charge is -2.36. The Kier molecular flexibility index (Phi) is 7.70. The van der Waals surface area contributed by atoms with Crippen LogP contribution in [0.4, 0.5) is 16.3 Å². The molecule has 184 valence electrons. The third kappa shape index (κ3) is 5.82. The van der Waals surface area contributed by atoms with Crippen LogP contribution < -0.4 is 19.7 Å². The summed E-state index contributed by atoms with van der Waals surface area (Å²) in [6.45, 7) is 6.69. The predicted molar refractivity (Wildman–Crippen MR) is 138 cm³/mol. The van der Waals surface area contributed by atoms with Crippen LogP contribution in [0.25, 0.3) is 0 Å². The molecule has 1 N–H and O–H groups in total. The molecule has 0 atom stereocenters. The molecule has 8 heteroatoms. The molecule has 4 rings (SSSR count). The monoisotopic (exact) mass is 475 g/mol. The maximum atomic E-state index is 13.0. The summed E-state index contributed by atoms with van der Waals surface area (Å²) in [5.41, 5.74) is 4.13. The van der Waals surface area contributed by atoms with E-state index in [2.05, 4.69) is 41.4 Å². The van der Waals surface area contributed by atoms with Gasteiger partial charge in [0.1, 0.15) is 23.1 Å². The molecule has 1 saturated heterocycles. The Balaban J connectivity index is 1.47. The van der Waals surface area contributed by atoms with Gasteiger partial charge in [0, 0.05) is 67.7 Å². The molecule has 3 aromatic rings. The van der Waals surface area contributed by atoms with Crippen molar-refractivity contribution >= 4 is 17.5 Å². The van der Waals surface area contributed by atoms with Gasteiger partial charge in [-0.3, -0.25) is 0 Å². The third-order valence-electron chi connectivity index (χ3n) is 6.21. The molecule has 2 aromatic carbocycles.